The zero-order valence-electron chi connectivity index (χ0n) is 15.2. The first kappa shape index (κ1) is 17.7. The third-order valence-electron chi connectivity index (χ3n) is 4.80. The molecule has 0 N–H and O–H groups in total. The highest BCUT2D eigenvalue weighted by molar-refractivity contribution is 5.97. The summed E-state index contributed by atoms with van der Waals surface area (Å²) in [5.41, 5.74) is 2.23. The van der Waals surface area contributed by atoms with Crippen LogP contribution in [-0.2, 0) is 4.74 Å². The summed E-state index contributed by atoms with van der Waals surface area (Å²) < 4.78 is 24.8. The molecule has 6 heteroatoms. The second-order valence-corrected chi connectivity index (χ2v) is 6.89. The van der Waals surface area contributed by atoms with Crippen LogP contribution in [0.25, 0.3) is 22.6 Å². The number of carbonyl (C=O) groups is 1. The lowest BCUT2D eigenvalue weighted by Gasteiger charge is -2.27. The van der Waals surface area contributed by atoms with Crippen LogP contribution in [0.2, 0.25) is 0 Å². The first-order chi connectivity index (χ1) is 13.1. The largest absolute Gasteiger partial charge is 0.436 e. The Bertz CT molecular complexity index is 963. The Morgan fingerprint density at radius 3 is 2.93 bits per heavy atom. The molecule has 0 radical (unpaired) electrons. The molecular weight excluding hydrogens is 347 g/mol. The van der Waals surface area contributed by atoms with Crippen LogP contribution < -0.4 is 0 Å². The normalized spacial score (nSPS) is 17.2. The van der Waals surface area contributed by atoms with E-state index in [-0.39, 0.29) is 17.8 Å². The third kappa shape index (κ3) is 3.85. The number of rotatable bonds is 4. The fraction of sp³-hybridized carbons (Fsp3) is 0.333. The molecule has 0 aliphatic carbocycles. The molecule has 1 amide bonds. The van der Waals surface area contributed by atoms with Gasteiger partial charge < -0.3 is 14.1 Å². The Labute approximate surface area is 156 Å². The summed E-state index contributed by atoms with van der Waals surface area (Å²) in [6, 6.07) is 11.2. The van der Waals surface area contributed by atoms with Gasteiger partial charge in [0.1, 0.15) is 11.3 Å². The van der Waals surface area contributed by atoms with Gasteiger partial charge in [0.05, 0.1) is 6.10 Å². The van der Waals surface area contributed by atoms with Gasteiger partial charge in [0.15, 0.2) is 5.58 Å². The zero-order chi connectivity index (χ0) is 18.8. The van der Waals surface area contributed by atoms with Crippen molar-refractivity contribution in [1.29, 1.82) is 0 Å². The average molecular weight is 368 g/mol. The number of hydrogen-bond donors (Lipinski definition) is 0. The van der Waals surface area contributed by atoms with Gasteiger partial charge in [-0.05, 0) is 55.7 Å². The van der Waals surface area contributed by atoms with E-state index in [4.69, 9.17) is 9.15 Å². The van der Waals surface area contributed by atoms with Gasteiger partial charge in [-0.15, -0.1) is 0 Å². The van der Waals surface area contributed by atoms with Gasteiger partial charge in [-0.2, -0.15) is 0 Å². The molecule has 5 nitrogen and oxygen atoms in total. The van der Waals surface area contributed by atoms with Crippen molar-refractivity contribution in [3.05, 3.63) is 53.8 Å². The van der Waals surface area contributed by atoms with Crippen LogP contribution in [-0.4, -0.2) is 42.1 Å². The number of halogens is 1. The maximum Gasteiger partial charge on any atom is 0.253 e. The van der Waals surface area contributed by atoms with Crippen LogP contribution in [0, 0.1) is 5.82 Å². The minimum atomic E-state index is -0.350. The summed E-state index contributed by atoms with van der Waals surface area (Å²) in [4.78, 5) is 18.8. The highest BCUT2D eigenvalue weighted by Gasteiger charge is 2.20. The van der Waals surface area contributed by atoms with Gasteiger partial charge in [-0.25, -0.2) is 9.37 Å². The predicted molar refractivity (Wildman–Crippen MR) is 100.0 cm³/mol. The van der Waals surface area contributed by atoms with Crippen LogP contribution >= 0.6 is 0 Å². The van der Waals surface area contributed by atoms with Gasteiger partial charge in [0.25, 0.3) is 5.91 Å². The molecule has 0 unspecified atom stereocenters. The highest BCUT2D eigenvalue weighted by Crippen LogP contribution is 2.26. The van der Waals surface area contributed by atoms with Crippen molar-refractivity contribution in [3.8, 4) is 11.5 Å². The molecule has 0 saturated carbocycles. The summed E-state index contributed by atoms with van der Waals surface area (Å²) in [6.45, 7) is 1.34. The summed E-state index contributed by atoms with van der Waals surface area (Å²) in [5.74, 6) is -0.100. The van der Waals surface area contributed by atoms with Crippen molar-refractivity contribution in [2.24, 2.45) is 0 Å². The van der Waals surface area contributed by atoms with Crippen LogP contribution in [0.4, 0.5) is 4.39 Å². The van der Waals surface area contributed by atoms with E-state index in [0.717, 1.165) is 25.9 Å². The molecule has 1 fully saturated rings. The average Bonchev–Trinajstić information content (AvgIpc) is 3.11. The summed E-state index contributed by atoms with van der Waals surface area (Å²) >= 11 is 0. The van der Waals surface area contributed by atoms with Crippen LogP contribution in [0.1, 0.15) is 29.6 Å². The Hall–Kier alpha value is -2.73. The van der Waals surface area contributed by atoms with Gasteiger partial charge in [-0.3, -0.25) is 4.79 Å². The molecule has 0 bridgehead atoms. The number of carbonyl (C=O) groups excluding carboxylic acids is 1. The zero-order valence-corrected chi connectivity index (χ0v) is 15.2. The van der Waals surface area contributed by atoms with E-state index in [1.165, 1.54) is 12.1 Å². The smallest absolute Gasteiger partial charge is 0.253 e. The molecule has 4 rings (SSSR count). The topological polar surface area (TPSA) is 55.6 Å². The Morgan fingerprint density at radius 2 is 2.15 bits per heavy atom. The van der Waals surface area contributed by atoms with Gasteiger partial charge >= 0.3 is 0 Å². The number of likely N-dealkylation sites (N-methyl/N-ethyl adjacent to an activating group) is 1. The van der Waals surface area contributed by atoms with Crippen molar-refractivity contribution < 1.29 is 18.3 Å². The summed E-state index contributed by atoms with van der Waals surface area (Å²) in [7, 11) is 1.78. The van der Waals surface area contributed by atoms with Crippen LogP contribution in [0.15, 0.2) is 46.9 Å². The lowest BCUT2D eigenvalue weighted by molar-refractivity contribution is -0.000184. The maximum absolute atomic E-state index is 13.4. The van der Waals surface area contributed by atoms with E-state index in [2.05, 4.69) is 4.98 Å². The van der Waals surface area contributed by atoms with E-state index in [1.54, 1.807) is 42.3 Å². The minimum Gasteiger partial charge on any atom is -0.436 e. The van der Waals surface area contributed by atoms with Crippen molar-refractivity contribution in [2.75, 3.05) is 20.2 Å². The number of hydrogen-bond acceptors (Lipinski definition) is 4. The van der Waals surface area contributed by atoms with Gasteiger partial charge in [0, 0.05) is 31.3 Å². The van der Waals surface area contributed by atoms with Gasteiger partial charge in [0.2, 0.25) is 5.89 Å². The second-order valence-electron chi connectivity index (χ2n) is 6.89. The number of ether oxygens (including phenoxy) is 1. The molecule has 1 saturated heterocycles. The number of oxazole rings is 1. The van der Waals surface area contributed by atoms with E-state index < -0.39 is 0 Å². The molecule has 1 aliphatic rings. The fourth-order valence-electron chi connectivity index (χ4n) is 3.37. The van der Waals surface area contributed by atoms with Crippen LogP contribution in [0.3, 0.4) is 0 Å². The third-order valence-corrected chi connectivity index (χ3v) is 4.80. The first-order valence-electron chi connectivity index (χ1n) is 9.14. The molecule has 2 heterocycles. The molecular formula is C21H21FN2O3. The number of nitrogens with zero attached hydrogens (tertiary/aromatic N) is 2. The number of aromatic nitrogens is 1. The summed E-state index contributed by atoms with van der Waals surface area (Å²) in [6.07, 6.45) is 3.31. The fourth-order valence-corrected chi connectivity index (χ4v) is 3.37. The minimum absolute atomic E-state index is 0.0821. The number of amides is 1. The molecule has 1 aromatic heterocycles. The van der Waals surface area contributed by atoms with E-state index in [1.807, 2.05) is 0 Å². The molecule has 2 aromatic carbocycles. The molecule has 1 aliphatic heterocycles. The number of fused-ring (bicyclic) bond motifs is 1. The van der Waals surface area contributed by atoms with Crippen LogP contribution in [0.5, 0.6) is 0 Å². The van der Waals surface area contributed by atoms with Crippen molar-refractivity contribution in [2.45, 2.75) is 25.4 Å². The monoisotopic (exact) mass is 368 g/mol. The SMILES string of the molecule is CN(C[C@H]1CCCCO1)C(=O)c1ccc2oc(-c3cccc(F)c3)nc2c1. The predicted octanol–water partition coefficient (Wildman–Crippen LogP) is 4.28. The van der Waals surface area contributed by atoms with E-state index in [9.17, 15) is 9.18 Å². The molecule has 140 valence electrons. The van der Waals surface area contributed by atoms with Crippen molar-refractivity contribution in [1.82, 2.24) is 9.88 Å². The molecule has 1 atom stereocenters. The Morgan fingerprint density at radius 1 is 1.26 bits per heavy atom. The van der Waals surface area contributed by atoms with E-state index >= 15 is 0 Å². The molecule has 27 heavy (non-hydrogen) atoms. The lowest BCUT2D eigenvalue weighted by atomic mass is 10.1. The molecule has 0 spiro atoms. The summed E-state index contributed by atoms with van der Waals surface area (Å²) in [5, 5.41) is 0. The maximum atomic E-state index is 13.4. The highest BCUT2D eigenvalue weighted by atomic mass is 19.1. The van der Waals surface area contributed by atoms with E-state index in [0.29, 0.717) is 34.7 Å². The first-order valence-corrected chi connectivity index (χ1v) is 9.14. The Balaban J connectivity index is 1.54. The second kappa shape index (κ2) is 7.48. The van der Waals surface area contributed by atoms with Crippen molar-refractivity contribution in [3.63, 3.8) is 0 Å². The number of benzene rings is 2. The van der Waals surface area contributed by atoms with Gasteiger partial charge in [-0.1, -0.05) is 6.07 Å². The standard InChI is InChI=1S/C21H21FN2O3/c1-24(13-17-7-2-3-10-26-17)21(25)15-8-9-19-18(12-15)23-20(27-19)14-5-4-6-16(22)11-14/h4-6,8-9,11-12,17H,2-3,7,10,13H2,1H3/t17-/m1/s1. The van der Waals surface area contributed by atoms with Crippen molar-refractivity contribution >= 4 is 17.0 Å². The Kier molecular flexibility index (Phi) is 4.90. The quantitative estimate of drug-likeness (QED) is 0.690. The lowest BCUT2D eigenvalue weighted by Crippen LogP contribution is -2.37. The molecule has 3 aromatic rings.